The van der Waals surface area contributed by atoms with Crippen molar-refractivity contribution in [1.29, 1.82) is 5.26 Å². The van der Waals surface area contributed by atoms with E-state index in [4.69, 9.17) is 0 Å². The zero-order valence-electron chi connectivity index (χ0n) is 8.51. The highest BCUT2D eigenvalue weighted by Gasteiger charge is 2.29. The van der Waals surface area contributed by atoms with Crippen LogP contribution < -0.4 is 0 Å². The first-order chi connectivity index (χ1) is 6.33. The lowest BCUT2D eigenvalue weighted by Gasteiger charge is -2.24. The van der Waals surface area contributed by atoms with Crippen LogP contribution >= 0.6 is 11.8 Å². The minimum Gasteiger partial charge on any atom is -0.198 e. The van der Waals surface area contributed by atoms with Gasteiger partial charge in [-0.05, 0) is 31.3 Å². The molecular weight excluding hydrogens is 178 g/mol. The van der Waals surface area contributed by atoms with Gasteiger partial charge in [0.1, 0.15) is 0 Å². The monoisotopic (exact) mass is 197 g/mol. The second-order valence-corrected chi connectivity index (χ2v) is 5.03. The highest BCUT2D eigenvalue weighted by atomic mass is 32.2. The van der Waals surface area contributed by atoms with Crippen molar-refractivity contribution in [2.45, 2.75) is 44.9 Å². The molecule has 0 atom stereocenters. The van der Waals surface area contributed by atoms with Crippen LogP contribution in [-0.2, 0) is 0 Å². The molecular formula is C11H19NS. The Morgan fingerprint density at radius 3 is 2.31 bits per heavy atom. The van der Waals surface area contributed by atoms with E-state index in [0.717, 1.165) is 25.0 Å². The molecule has 2 heteroatoms. The summed E-state index contributed by atoms with van der Waals surface area (Å²) in [7, 11) is 0. The molecule has 0 saturated heterocycles. The molecule has 0 heterocycles. The predicted octanol–water partition coefficient (Wildman–Crippen LogP) is 3.60. The molecule has 0 bridgehead atoms. The molecule has 0 aromatic rings. The van der Waals surface area contributed by atoms with Crippen LogP contribution in [0.25, 0.3) is 0 Å². The molecule has 74 valence electrons. The fourth-order valence-electron chi connectivity index (χ4n) is 2.12. The highest BCUT2D eigenvalue weighted by molar-refractivity contribution is 7.98. The SMILES string of the molecule is CSCCC1(C#N)CCCCCC1. The van der Waals surface area contributed by atoms with Gasteiger partial charge in [-0.15, -0.1) is 0 Å². The van der Waals surface area contributed by atoms with E-state index < -0.39 is 0 Å². The summed E-state index contributed by atoms with van der Waals surface area (Å²) in [4.78, 5) is 0. The first-order valence-corrected chi connectivity index (χ1v) is 6.63. The van der Waals surface area contributed by atoms with Crippen LogP contribution in [0, 0.1) is 16.7 Å². The lowest BCUT2D eigenvalue weighted by molar-refractivity contribution is 0.332. The third-order valence-electron chi connectivity index (χ3n) is 3.08. The fraction of sp³-hybridized carbons (Fsp3) is 0.909. The number of rotatable bonds is 3. The summed E-state index contributed by atoms with van der Waals surface area (Å²) in [5, 5.41) is 9.23. The third kappa shape index (κ3) is 3.23. The highest BCUT2D eigenvalue weighted by Crippen LogP contribution is 2.38. The maximum atomic E-state index is 9.23. The van der Waals surface area contributed by atoms with Gasteiger partial charge in [0, 0.05) is 0 Å². The second kappa shape index (κ2) is 5.54. The number of nitrogens with zero attached hydrogens (tertiary/aromatic N) is 1. The Balaban J connectivity index is 2.50. The van der Waals surface area contributed by atoms with Crippen molar-refractivity contribution in [3.8, 4) is 6.07 Å². The molecule has 0 aromatic carbocycles. The van der Waals surface area contributed by atoms with E-state index in [1.54, 1.807) is 0 Å². The zero-order valence-corrected chi connectivity index (χ0v) is 9.33. The Morgan fingerprint density at radius 2 is 1.85 bits per heavy atom. The van der Waals surface area contributed by atoms with Gasteiger partial charge in [0.25, 0.3) is 0 Å². The van der Waals surface area contributed by atoms with Crippen LogP contribution in [0.3, 0.4) is 0 Å². The molecule has 1 aliphatic rings. The zero-order chi connectivity index (χ0) is 9.57. The fourth-order valence-corrected chi connectivity index (χ4v) is 2.72. The Bertz CT molecular complexity index is 175. The van der Waals surface area contributed by atoms with Gasteiger partial charge in [0.05, 0.1) is 11.5 Å². The van der Waals surface area contributed by atoms with E-state index in [1.807, 2.05) is 11.8 Å². The maximum absolute atomic E-state index is 9.23. The van der Waals surface area contributed by atoms with Gasteiger partial charge >= 0.3 is 0 Å². The molecule has 0 aliphatic heterocycles. The van der Waals surface area contributed by atoms with Crippen LogP contribution in [-0.4, -0.2) is 12.0 Å². The summed E-state index contributed by atoms with van der Waals surface area (Å²) < 4.78 is 0. The molecule has 13 heavy (non-hydrogen) atoms. The molecule has 1 aliphatic carbocycles. The number of nitriles is 1. The van der Waals surface area contributed by atoms with Crippen molar-refractivity contribution in [3.05, 3.63) is 0 Å². The van der Waals surface area contributed by atoms with E-state index in [9.17, 15) is 5.26 Å². The van der Waals surface area contributed by atoms with Gasteiger partial charge in [0.15, 0.2) is 0 Å². The Labute approximate surface area is 85.9 Å². The second-order valence-electron chi connectivity index (χ2n) is 4.05. The van der Waals surface area contributed by atoms with Crippen molar-refractivity contribution < 1.29 is 0 Å². The van der Waals surface area contributed by atoms with Crippen molar-refractivity contribution in [1.82, 2.24) is 0 Å². The quantitative estimate of drug-likeness (QED) is 0.645. The summed E-state index contributed by atoms with van der Waals surface area (Å²) in [6.45, 7) is 0. The molecule has 0 spiro atoms. The minimum absolute atomic E-state index is 0.0412. The molecule has 1 nitrogen and oxygen atoms in total. The number of hydrogen-bond donors (Lipinski definition) is 0. The predicted molar refractivity (Wildman–Crippen MR) is 58.7 cm³/mol. The van der Waals surface area contributed by atoms with E-state index in [0.29, 0.717) is 0 Å². The van der Waals surface area contributed by atoms with Crippen molar-refractivity contribution >= 4 is 11.8 Å². The molecule has 1 rings (SSSR count). The smallest absolute Gasteiger partial charge is 0.0690 e. The molecule has 0 unspecified atom stereocenters. The summed E-state index contributed by atoms with van der Waals surface area (Å²) in [6, 6.07) is 2.58. The molecule has 0 N–H and O–H groups in total. The van der Waals surface area contributed by atoms with Crippen molar-refractivity contribution in [3.63, 3.8) is 0 Å². The molecule has 0 amide bonds. The van der Waals surface area contributed by atoms with E-state index in [2.05, 4.69) is 12.3 Å². The molecule has 0 radical (unpaired) electrons. The number of hydrogen-bond acceptors (Lipinski definition) is 2. The van der Waals surface area contributed by atoms with E-state index >= 15 is 0 Å². The van der Waals surface area contributed by atoms with Gasteiger partial charge in [0.2, 0.25) is 0 Å². The topological polar surface area (TPSA) is 23.8 Å². The van der Waals surface area contributed by atoms with Gasteiger partial charge in [-0.3, -0.25) is 0 Å². The van der Waals surface area contributed by atoms with Crippen LogP contribution in [0.1, 0.15) is 44.9 Å². The van der Waals surface area contributed by atoms with Crippen molar-refractivity contribution in [2.75, 3.05) is 12.0 Å². The van der Waals surface area contributed by atoms with Crippen molar-refractivity contribution in [2.24, 2.45) is 5.41 Å². The van der Waals surface area contributed by atoms with E-state index in [1.165, 1.54) is 25.7 Å². The standard InChI is InChI=1S/C11H19NS/c1-13-9-8-11(10-12)6-4-2-3-5-7-11/h2-9H2,1H3. The van der Waals surface area contributed by atoms with Crippen LogP contribution in [0.2, 0.25) is 0 Å². The molecule has 1 saturated carbocycles. The van der Waals surface area contributed by atoms with Gasteiger partial charge < -0.3 is 0 Å². The first-order valence-electron chi connectivity index (χ1n) is 5.23. The lowest BCUT2D eigenvalue weighted by Crippen LogP contribution is -2.18. The Kier molecular flexibility index (Phi) is 4.66. The first kappa shape index (κ1) is 10.9. The average molecular weight is 197 g/mol. The normalized spacial score (nSPS) is 21.8. The van der Waals surface area contributed by atoms with Crippen LogP contribution in [0.15, 0.2) is 0 Å². The Morgan fingerprint density at radius 1 is 1.23 bits per heavy atom. The van der Waals surface area contributed by atoms with Crippen LogP contribution in [0.4, 0.5) is 0 Å². The summed E-state index contributed by atoms with van der Waals surface area (Å²) >= 11 is 1.86. The summed E-state index contributed by atoms with van der Waals surface area (Å²) in [5.74, 6) is 1.15. The minimum atomic E-state index is 0.0412. The third-order valence-corrected chi connectivity index (χ3v) is 3.69. The average Bonchev–Trinajstić information content (AvgIpc) is 2.41. The van der Waals surface area contributed by atoms with Gasteiger partial charge in [-0.2, -0.15) is 17.0 Å². The maximum Gasteiger partial charge on any atom is 0.0690 e. The number of thioether (sulfide) groups is 1. The largest absolute Gasteiger partial charge is 0.198 e. The van der Waals surface area contributed by atoms with Crippen LogP contribution in [0.5, 0.6) is 0 Å². The molecule has 1 fully saturated rings. The summed E-state index contributed by atoms with van der Waals surface area (Å²) in [6.07, 6.45) is 10.7. The molecule has 0 aromatic heterocycles. The lowest BCUT2D eigenvalue weighted by atomic mass is 9.79. The van der Waals surface area contributed by atoms with Gasteiger partial charge in [-0.1, -0.05) is 25.7 Å². The summed E-state index contributed by atoms with van der Waals surface area (Å²) in [5.41, 5.74) is 0.0412. The van der Waals surface area contributed by atoms with Gasteiger partial charge in [-0.25, -0.2) is 0 Å². The Hall–Kier alpha value is -0.160. The van der Waals surface area contributed by atoms with E-state index in [-0.39, 0.29) is 5.41 Å².